The van der Waals surface area contributed by atoms with E-state index >= 15 is 0 Å². The maximum Gasteiger partial charge on any atom is 0.308 e. The van der Waals surface area contributed by atoms with Gasteiger partial charge in [0.1, 0.15) is 5.82 Å². The predicted molar refractivity (Wildman–Crippen MR) is 73.9 cm³/mol. The van der Waals surface area contributed by atoms with Gasteiger partial charge in [-0.05, 0) is 28.8 Å². The Labute approximate surface area is 126 Å². The first-order chi connectivity index (χ1) is 10.2. The fourth-order valence-corrected chi connectivity index (χ4v) is 2.56. The highest BCUT2D eigenvalue weighted by Gasteiger charge is 2.24. The van der Waals surface area contributed by atoms with E-state index in [1.165, 1.54) is 19.2 Å². The summed E-state index contributed by atoms with van der Waals surface area (Å²) < 4.78 is 39.4. The van der Waals surface area contributed by atoms with Crippen LogP contribution >= 0.6 is 0 Å². The van der Waals surface area contributed by atoms with Gasteiger partial charge in [-0.25, -0.2) is 9.11 Å². The summed E-state index contributed by atoms with van der Waals surface area (Å²) in [4.78, 5) is 12.9. The van der Waals surface area contributed by atoms with Crippen molar-refractivity contribution in [2.45, 2.75) is 24.9 Å². The van der Waals surface area contributed by atoms with Gasteiger partial charge in [-0.15, -0.1) is 5.10 Å². The van der Waals surface area contributed by atoms with Crippen molar-refractivity contribution in [3.8, 4) is 0 Å². The van der Waals surface area contributed by atoms with E-state index in [0.29, 0.717) is 5.56 Å². The maximum absolute atomic E-state index is 13.9. The number of tetrazole rings is 1. The van der Waals surface area contributed by atoms with Gasteiger partial charge in [-0.3, -0.25) is 4.79 Å². The van der Waals surface area contributed by atoms with Crippen molar-refractivity contribution in [3.63, 3.8) is 0 Å². The lowest BCUT2D eigenvalue weighted by molar-refractivity contribution is 0.0980. The van der Waals surface area contributed by atoms with E-state index in [0.717, 1.165) is 10.9 Å². The van der Waals surface area contributed by atoms with Gasteiger partial charge in [0, 0.05) is 5.56 Å². The molecule has 1 aromatic heterocycles. The van der Waals surface area contributed by atoms with E-state index in [2.05, 4.69) is 15.4 Å². The van der Waals surface area contributed by atoms with E-state index in [4.69, 9.17) is 0 Å². The minimum Gasteiger partial charge on any atom is -0.268 e. The van der Waals surface area contributed by atoms with Crippen molar-refractivity contribution in [2.24, 2.45) is 7.05 Å². The normalized spacial score (nSPS) is 11.7. The highest BCUT2D eigenvalue weighted by atomic mass is 32.2. The SMILES string of the molecule is CC(C)c1ccc(C(=O)NS(=O)(=O)c2nnn(C)n2)cc1F. The Bertz CT molecular complexity index is 816. The molecule has 8 nitrogen and oxygen atoms in total. The summed E-state index contributed by atoms with van der Waals surface area (Å²) in [6, 6.07) is 3.79. The molecule has 2 aromatic rings. The number of rotatable bonds is 4. The summed E-state index contributed by atoms with van der Waals surface area (Å²) in [5, 5.41) is 9.55. The van der Waals surface area contributed by atoms with E-state index in [1.807, 2.05) is 13.8 Å². The number of carbonyl (C=O) groups is 1. The van der Waals surface area contributed by atoms with Crippen molar-refractivity contribution < 1.29 is 17.6 Å². The number of benzene rings is 1. The van der Waals surface area contributed by atoms with Crippen LogP contribution in [0.15, 0.2) is 23.4 Å². The lowest BCUT2D eigenvalue weighted by Crippen LogP contribution is -2.31. The van der Waals surface area contributed by atoms with Gasteiger partial charge in [0.25, 0.3) is 5.91 Å². The molecule has 0 aliphatic carbocycles. The Kier molecular flexibility index (Phi) is 4.22. The van der Waals surface area contributed by atoms with Crippen LogP contribution in [0.4, 0.5) is 4.39 Å². The zero-order valence-corrected chi connectivity index (χ0v) is 12.9. The number of halogens is 1. The average Bonchev–Trinajstić information content (AvgIpc) is 2.85. The molecule has 0 unspecified atom stereocenters. The largest absolute Gasteiger partial charge is 0.308 e. The molecule has 0 atom stereocenters. The van der Waals surface area contributed by atoms with Gasteiger partial charge in [0.15, 0.2) is 0 Å². The molecular weight excluding hydrogens is 313 g/mol. The summed E-state index contributed by atoms with van der Waals surface area (Å²) in [5.74, 6) is -1.59. The van der Waals surface area contributed by atoms with Crippen LogP contribution in [0, 0.1) is 5.82 Å². The number of aromatic nitrogens is 4. The van der Waals surface area contributed by atoms with Gasteiger partial charge in [-0.2, -0.15) is 13.2 Å². The number of hydrogen-bond donors (Lipinski definition) is 1. The van der Waals surface area contributed by atoms with Crippen LogP contribution in [0.3, 0.4) is 0 Å². The van der Waals surface area contributed by atoms with Crippen molar-refractivity contribution in [3.05, 3.63) is 35.1 Å². The number of aryl methyl sites for hydroxylation is 1. The first-order valence-electron chi connectivity index (χ1n) is 6.31. The Hall–Kier alpha value is -2.36. The third-order valence-corrected chi connectivity index (χ3v) is 3.94. The highest BCUT2D eigenvalue weighted by Crippen LogP contribution is 2.19. The number of nitrogens with zero attached hydrogens (tertiary/aromatic N) is 4. The third kappa shape index (κ3) is 3.27. The predicted octanol–water partition coefficient (Wildman–Crippen LogP) is 0.591. The van der Waals surface area contributed by atoms with E-state index in [1.54, 1.807) is 4.72 Å². The van der Waals surface area contributed by atoms with Crippen LogP contribution in [0.25, 0.3) is 0 Å². The van der Waals surface area contributed by atoms with Crippen molar-refractivity contribution >= 4 is 15.9 Å². The molecule has 2 rings (SSSR count). The standard InChI is InChI=1S/C12H14FN5O3S/c1-7(2)9-5-4-8(6-10(9)13)11(19)16-22(20,21)12-14-17-18(3)15-12/h4-7H,1-3H3,(H,16,19). The zero-order valence-electron chi connectivity index (χ0n) is 12.1. The molecule has 0 aliphatic heterocycles. The smallest absolute Gasteiger partial charge is 0.268 e. The summed E-state index contributed by atoms with van der Waals surface area (Å²) >= 11 is 0. The Morgan fingerprint density at radius 3 is 2.55 bits per heavy atom. The lowest BCUT2D eigenvalue weighted by atomic mass is 10.0. The summed E-state index contributed by atoms with van der Waals surface area (Å²) in [5.41, 5.74) is 0.323. The van der Waals surface area contributed by atoms with Crippen molar-refractivity contribution in [1.82, 2.24) is 24.9 Å². The fourth-order valence-electron chi connectivity index (χ4n) is 1.74. The first kappa shape index (κ1) is 16.0. The molecule has 0 spiro atoms. The van der Waals surface area contributed by atoms with Crippen LogP contribution < -0.4 is 4.72 Å². The second-order valence-corrected chi connectivity index (χ2v) is 6.46. The molecule has 0 bridgehead atoms. The molecule has 1 heterocycles. The second kappa shape index (κ2) is 5.79. The van der Waals surface area contributed by atoms with Crippen molar-refractivity contribution in [2.75, 3.05) is 0 Å². The molecule has 10 heteroatoms. The monoisotopic (exact) mass is 327 g/mol. The minimum absolute atomic E-state index is 0.0513. The van der Waals surface area contributed by atoms with E-state index in [-0.39, 0.29) is 11.5 Å². The topological polar surface area (TPSA) is 107 Å². The first-order valence-corrected chi connectivity index (χ1v) is 7.79. The van der Waals surface area contributed by atoms with Gasteiger partial charge < -0.3 is 0 Å². The molecular formula is C12H14FN5O3S. The number of sulfonamides is 1. The lowest BCUT2D eigenvalue weighted by Gasteiger charge is -2.09. The van der Waals surface area contributed by atoms with Crippen LogP contribution in [0.2, 0.25) is 0 Å². The van der Waals surface area contributed by atoms with Gasteiger partial charge in [-0.1, -0.05) is 25.0 Å². The van der Waals surface area contributed by atoms with Crippen LogP contribution in [-0.4, -0.2) is 34.5 Å². The molecule has 0 saturated carbocycles. The Balaban J connectivity index is 2.24. The Morgan fingerprint density at radius 1 is 1.36 bits per heavy atom. The number of carbonyl (C=O) groups excluding carboxylic acids is 1. The molecule has 0 fully saturated rings. The zero-order chi connectivity index (χ0) is 16.5. The molecule has 118 valence electrons. The molecule has 0 radical (unpaired) electrons. The van der Waals surface area contributed by atoms with E-state index in [9.17, 15) is 17.6 Å². The minimum atomic E-state index is -4.25. The summed E-state index contributed by atoms with van der Waals surface area (Å²) in [6.07, 6.45) is 0. The Morgan fingerprint density at radius 2 is 2.05 bits per heavy atom. The third-order valence-electron chi connectivity index (χ3n) is 2.84. The van der Waals surface area contributed by atoms with Crippen LogP contribution in [-0.2, 0) is 17.1 Å². The van der Waals surface area contributed by atoms with Gasteiger partial charge in [0.2, 0.25) is 0 Å². The molecule has 22 heavy (non-hydrogen) atoms. The van der Waals surface area contributed by atoms with Gasteiger partial charge >= 0.3 is 15.2 Å². The number of amides is 1. The maximum atomic E-state index is 13.9. The van der Waals surface area contributed by atoms with Crippen LogP contribution in [0.1, 0.15) is 35.7 Å². The second-order valence-electron chi connectivity index (χ2n) is 4.89. The van der Waals surface area contributed by atoms with Gasteiger partial charge in [0.05, 0.1) is 7.05 Å². The fraction of sp³-hybridized carbons (Fsp3) is 0.333. The molecule has 1 aromatic carbocycles. The number of hydrogen-bond acceptors (Lipinski definition) is 6. The summed E-state index contributed by atoms with van der Waals surface area (Å²) in [7, 11) is -2.87. The highest BCUT2D eigenvalue weighted by molar-refractivity contribution is 7.89. The molecule has 1 N–H and O–H groups in total. The van der Waals surface area contributed by atoms with Crippen LogP contribution in [0.5, 0.6) is 0 Å². The average molecular weight is 327 g/mol. The quantitative estimate of drug-likeness (QED) is 0.881. The molecule has 0 aliphatic rings. The van der Waals surface area contributed by atoms with E-state index < -0.39 is 26.9 Å². The molecule has 0 saturated heterocycles. The van der Waals surface area contributed by atoms with Crippen molar-refractivity contribution in [1.29, 1.82) is 0 Å². The molecule has 1 amide bonds. The number of nitrogens with one attached hydrogen (secondary N) is 1. The summed E-state index contributed by atoms with van der Waals surface area (Å²) in [6.45, 7) is 3.62.